The van der Waals surface area contributed by atoms with E-state index in [0.717, 1.165) is 12.1 Å². The number of carbonyl (C=O) groups is 4. The molecule has 0 saturated heterocycles. The maximum atomic E-state index is 11.3. The summed E-state index contributed by atoms with van der Waals surface area (Å²) in [4.78, 5) is 49.3. The predicted octanol–water partition coefficient (Wildman–Crippen LogP) is 2.19. The highest BCUT2D eigenvalue weighted by Crippen LogP contribution is 2.25. The number of aliphatic imine (C=N–C) groups is 1. The summed E-state index contributed by atoms with van der Waals surface area (Å²) >= 11 is 0. The third-order valence-corrected chi connectivity index (χ3v) is 4.28. The molecule has 0 radical (unpaired) electrons. The van der Waals surface area contributed by atoms with E-state index in [1.807, 2.05) is 0 Å². The Morgan fingerprint density at radius 3 is 1.50 bits per heavy atom. The van der Waals surface area contributed by atoms with Crippen LogP contribution in [-0.4, -0.2) is 50.5 Å². The van der Waals surface area contributed by atoms with Crippen LogP contribution in [0.15, 0.2) is 47.6 Å². The molecule has 2 aromatic rings. The smallest absolute Gasteiger partial charge is 0.335 e. The molecule has 0 aromatic heterocycles. The summed E-state index contributed by atoms with van der Waals surface area (Å²) in [6.07, 6.45) is 2.03. The fourth-order valence-corrected chi connectivity index (χ4v) is 2.84. The van der Waals surface area contributed by atoms with Crippen molar-refractivity contribution in [2.24, 2.45) is 4.99 Å². The number of hydrogen-bond acceptors (Lipinski definition) is 6. The average Bonchev–Trinajstić information content (AvgIpc) is 2.73. The van der Waals surface area contributed by atoms with E-state index in [0.29, 0.717) is 16.7 Å². The Hall–Kier alpha value is -4.47. The molecule has 0 fully saturated rings. The molecule has 1 heterocycles. The van der Waals surface area contributed by atoms with E-state index in [1.165, 1.54) is 36.7 Å². The van der Waals surface area contributed by atoms with Crippen molar-refractivity contribution in [3.05, 3.63) is 76.0 Å². The van der Waals surface area contributed by atoms with Gasteiger partial charge >= 0.3 is 23.9 Å². The molecular weight excluding hydrogens is 396 g/mol. The van der Waals surface area contributed by atoms with Crippen molar-refractivity contribution in [2.75, 3.05) is 0 Å². The lowest BCUT2D eigenvalue weighted by molar-refractivity contribution is 0.0676. The van der Waals surface area contributed by atoms with Gasteiger partial charge in [-0.25, -0.2) is 19.2 Å². The average molecular weight is 410 g/mol. The second-order valence-electron chi connectivity index (χ2n) is 6.31. The Morgan fingerprint density at radius 1 is 0.700 bits per heavy atom. The van der Waals surface area contributed by atoms with Crippen molar-refractivity contribution in [3.8, 4) is 0 Å². The van der Waals surface area contributed by atoms with Crippen LogP contribution in [0.25, 0.3) is 5.57 Å². The molecule has 0 bridgehead atoms. The van der Waals surface area contributed by atoms with Gasteiger partial charge in [-0.2, -0.15) is 0 Å². The Labute approximate surface area is 168 Å². The fourth-order valence-electron chi connectivity index (χ4n) is 2.84. The SMILES string of the molecule is O=C(O)c1cc(C(=O)O)cc(C2=CNC(c3cc(C(=O)O)cc(C(=O)O)c3)N=C2)c1. The monoisotopic (exact) mass is 410 g/mol. The lowest BCUT2D eigenvalue weighted by atomic mass is 9.99. The van der Waals surface area contributed by atoms with Crippen molar-refractivity contribution >= 4 is 35.7 Å². The van der Waals surface area contributed by atoms with E-state index in [9.17, 15) is 39.6 Å². The van der Waals surface area contributed by atoms with Crippen LogP contribution in [0.5, 0.6) is 0 Å². The highest BCUT2D eigenvalue weighted by molar-refractivity contribution is 6.11. The molecule has 152 valence electrons. The number of allylic oxidation sites excluding steroid dienone is 1. The molecule has 1 aliphatic heterocycles. The first kappa shape index (κ1) is 20.3. The highest BCUT2D eigenvalue weighted by atomic mass is 16.4. The molecule has 1 unspecified atom stereocenters. The fraction of sp³-hybridized carbons (Fsp3) is 0.0500. The Bertz CT molecular complexity index is 1080. The summed E-state index contributed by atoms with van der Waals surface area (Å²) in [5, 5.41) is 39.6. The zero-order valence-electron chi connectivity index (χ0n) is 15.1. The normalized spacial score (nSPS) is 15.1. The number of carboxylic acid groups (broad SMARTS) is 4. The van der Waals surface area contributed by atoms with Crippen LogP contribution in [0.4, 0.5) is 0 Å². The van der Waals surface area contributed by atoms with Gasteiger partial charge in [0.25, 0.3) is 0 Å². The van der Waals surface area contributed by atoms with Crippen LogP contribution < -0.4 is 5.32 Å². The van der Waals surface area contributed by atoms with E-state index in [1.54, 1.807) is 0 Å². The van der Waals surface area contributed by atoms with Gasteiger partial charge in [-0.15, -0.1) is 0 Å². The molecule has 30 heavy (non-hydrogen) atoms. The number of rotatable bonds is 6. The molecular formula is C20H14N2O8. The maximum Gasteiger partial charge on any atom is 0.335 e. The van der Waals surface area contributed by atoms with Crippen LogP contribution in [0.1, 0.15) is 58.7 Å². The standard InChI is InChI=1S/C20H14N2O8/c23-17(24)11-1-9(2-12(5-11)18(25)26)15-7-21-16(22-8-15)10-3-13(19(27)28)6-14(4-10)20(29)30/h1-8,16,21H,(H,23,24)(H,25,26)(H,27,28)(H,29,30). The van der Waals surface area contributed by atoms with Gasteiger partial charge in [-0.1, -0.05) is 0 Å². The van der Waals surface area contributed by atoms with Gasteiger partial charge in [0.15, 0.2) is 0 Å². The minimum absolute atomic E-state index is 0.207. The van der Waals surface area contributed by atoms with Crippen molar-refractivity contribution in [1.29, 1.82) is 0 Å². The molecule has 10 heteroatoms. The van der Waals surface area contributed by atoms with Gasteiger partial charge in [-0.3, -0.25) is 4.99 Å². The summed E-state index contributed by atoms with van der Waals surface area (Å²) in [7, 11) is 0. The van der Waals surface area contributed by atoms with E-state index < -0.39 is 30.0 Å². The Morgan fingerprint density at radius 2 is 1.13 bits per heavy atom. The number of aromatic carboxylic acids is 4. The summed E-state index contributed by atoms with van der Waals surface area (Å²) in [5.41, 5.74) is 0.151. The third kappa shape index (κ3) is 4.17. The minimum Gasteiger partial charge on any atom is -0.478 e. The molecule has 0 amide bonds. The molecule has 0 spiro atoms. The minimum atomic E-state index is -1.29. The molecule has 3 rings (SSSR count). The second kappa shape index (κ2) is 7.87. The zero-order valence-corrected chi connectivity index (χ0v) is 15.1. The second-order valence-corrected chi connectivity index (χ2v) is 6.31. The lowest BCUT2D eigenvalue weighted by Gasteiger charge is -2.20. The quantitative estimate of drug-likeness (QED) is 0.478. The number of hydrogen-bond donors (Lipinski definition) is 5. The van der Waals surface area contributed by atoms with Crippen LogP contribution >= 0.6 is 0 Å². The first-order valence-electron chi connectivity index (χ1n) is 8.38. The van der Waals surface area contributed by atoms with Crippen LogP contribution in [0.3, 0.4) is 0 Å². The van der Waals surface area contributed by atoms with E-state index in [4.69, 9.17) is 0 Å². The van der Waals surface area contributed by atoms with E-state index in [-0.39, 0.29) is 22.3 Å². The van der Waals surface area contributed by atoms with Gasteiger partial charge in [0.2, 0.25) is 0 Å². The zero-order chi connectivity index (χ0) is 22.0. The maximum absolute atomic E-state index is 11.3. The first-order chi connectivity index (χ1) is 14.2. The van der Waals surface area contributed by atoms with Crippen molar-refractivity contribution < 1.29 is 39.6 Å². The number of nitrogens with one attached hydrogen (secondary N) is 1. The lowest BCUT2D eigenvalue weighted by Crippen LogP contribution is -2.19. The molecule has 5 N–H and O–H groups in total. The molecule has 10 nitrogen and oxygen atoms in total. The number of nitrogens with zero attached hydrogens (tertiary/aromatic N) is 1. The van der Waals surface area contributed by atoms with E-state index in [2.05, 4.69) is 10.3 Å². The van der Waals surface area contributed by atoms with Gasteiger partial charge in [0.05, 0.1) is 22.3 Å². The Balaban J connectivity index is 1.94. The van der Waals surface area contributed by atoms with Crippen molar-refractivity contribution in [3.63, 3.8) is 0 Å². The van der Waals surface area contributed by atoms with Gasteiger partial charge in [-0.05, 0) is 47.5 Å². The number of carboxylic acids is 4. The summed E-state index contributed by atoms with van der Waals surface area (Å²) in [6.45, 7) is 0. The van der Waals surface area contributed by atoms with Crippen LogP contribution in [0.2, 0.25) is 0 Å². The highest BCUT2D eigenvalue weighted by Gasteiger charge is 2.19. The van der Waals surface area contributed by atoms with Crippen LogP contribution in [-0.2, 0) is 0 Å². The third-order valence-electron chi connectivity index (χ3n) is 4.28. The summed E-state index contributed by atoms with van der Waals surface area (Å²) < 4.78 is 0. The topological polar surface area (TPSA) is 174 Å². The van der Waals surface area contributed by atoms with Gasteiger partial charge in [0, 0.05) is 18.0 Å². The molecule has 1 atom stereocenters. The van der Waals surface area contributed by atoms with Gasteiger partial charge in [0.1, 0.15) is 6.17 Å². The largest absolute Gasteiger partial charge is 0.478 e. The number of benzene rings is 2. The summed E-state index contributed by atoms with van der Waals surface area (Å²) in [5.74, 6) is -5.15. The van der Waals surface area contributed by atoms with Crippen LogP contribution in [0, 0.1) is 0 Å². The first-order valence-corrected chi connectivity index (χ1v) is 8.38. The Kier molecular flexibility index (Phi) is 5.32. The van der Waals surface area contributed by atoms with Crippen molar-refractivity contribution in [2.45, 2.75) is 6.17 Å². The molecule has 2 aromatic carbocycles. The van der Waals surface area contributed by atoms with Gasteiger partial charge < -0.3 is 25.7 Å². The molecule has 0 saturated carbocycles. The van der Waals surface area contributed by atoms with Crippen molar-refractivity contribution in [1.82, 2.24) is 5.32 Å². The van der Waals surface area contributed by atoms with E-state index >= 15 is 0 Å². The molecule has 1 aliphatic rings. The molecule has 0 aliphatic carbocycles. The predicted molar refractivity (Wildman–Crippen MR) is 103 cm³/mol. The summed E-state index contributed by atoms with van der Waals surface area (Å²) in [6, 6.07) is 7.24.